The molecule has 0 aromatic carbocycles. The van der Waals surface area contributed by atoms with Crippen LogP contribution in [-0.4, -0.2) is 35.3 Å². The minimum Gasteiger partial charge on any atom is -0.444 e. The Balaban J connectivity index is 2.23. The third kappa shape index (κ3) is 6.17. The van der Waals surface area contributed by atoms with Crippen LogP contribution < -0.4 is 11.1 Å². The van der Waals surface area contributed by atoms with Crippen LogP contribution in [0.5, 0.6) is 0 Å². The number of carbonyl (C=O) groups excluding carboxylic acids is 1. The Labute approximate surface area is 108 Å². The highest BCUT2D eigenvalue weighted by Gasteiger charge is 2.23. The third-order valence-electron chi connectivity index (χ3n) is 2.57. The van der Waals surface area contributed by atoms with Crippen molar-refractivity contribution in [3.8, 4) is 0 Å². The molecule has 1 saturated heterocycles. The summed E-state index contributed by atoms with van der Waals surface area (Å²) in [5, 5.41) is 3.86. The van der Waals surface area contributed by atoms with Crippen molar-refractivity contribution in [1.82, 2.24) is 5.32 Å². The smallest absolute Gasteiger partial charge is 0.407 e. The van der Waals surface area contributed by atoms with E-state index in [1.165, 1.54) is 12.8 Å². The van der Waals surface area contributed by atoms with Crippen molar-refractivity contribution in [2.45, 2.75) is 56.1 Å². The molecular formula is C12H24N2O2S. The first-order chi connectivity index (χ1) is 7.90. The fourth-order valence-corrected chi connectivity index (χ4v) is 3.26. The van der Waals surface area contributed by atoms with E-state index in [9.17, 15) is 4.79 Å². The lowest BCUT2D eigenvalue weighted by atomic mass is 10.1. The summed E-state index contributed by atoms with van der Waals surface area (Å²) in [5.74, 6) is 0. The molecule has 17 heavy (non-hydrogen) atoms. The number of ether oxygens (including phenoxy) is 1. The second-order valence-electron chi connectivity index (χ2n) is 5.43. The molecule has 0 bridgehead atoms. The van der Waals surface area contributed by atoms with Crippen molar-refractivity contribution in [3.63, 3.8) is 0 Å². The quantitative estimate of drug-likeness (QED) is 0.816. The highest BCUT2D eigenvalue weighted by molar-refractivity contribution is 8.00. The summed E-state index contributed by atoms with van der Waals surface area (Å²) in [4.78, 5) is 11.5. The van der Waals surface area contributed by atoms with Crippen molar-refractivity contribution < 1.29 is 9.53 Å². The molecule has 2 unspecified atom stereocenters. The van der Waals surface area contributed by atoms with Crippen LogP contribution in [0, 0.1) is 0 Å². The van der Waals surface area contributed by atoms with Gasteiger partial charge in [0.25, 0.3) is 0 Å². The standard InChI is InChI=1S/C12H24N2O2S/c1-12(2,3)16-11(15)14-8-10-6-4-5-9(7-13)17-10/h9-10H,4-8,13H2,1-3H3,(H,14,15). The summed E-state index contributed by atoms with van der Waals surface area (Å²) in [6.45, 7) is 7.01. The Kier molecular flexibility index (Phi) is 5.59. The molecule has 0 radical (unpaired) electrons. The Hall–Kier alpha value is -0.420. The largest absolute Gasteiger partial charge is 0.444 e. The highest BCUT2D eigenvalue weighted by Crippen LogP contribution is 2.30. The van der Waals surface area contributed by atoms with E-state index in [0.29, 0.717) is 17.0 Å². The summed E-state index contributed by atoms with van der Waals surface area (Å²) in [6.07, 6.45) is 3.23. The molecule has 2 atom stereocenters. The number of amides is 1. The van der Waals surface area contributed by atoms with Gasteiger partial charge in [-0.1, -0.05) is 6.42 Å². The molecule has 3 N–H and O–H groups in total. The Morgan fingerprint density at radius 2 is 2.06 bits per heavy atom. The molecule has 5 heteroatoms. The minimum absolute atomic E-state index is 0.326. The van der Waals surface area contributed by atoms with Crippen LogP contribution in [0.1, 0.15) is 40.0 Å². The number of hydrogen-bond acceptors (Lipinski definition) is 4. The van der Waals surface area contributed by atoms with Crippen LogP contribution in [0.15, 0.2) is 0 Å². The molecule has 0 spiro atoms. The van der Waals surface area contributed by atoms with E-state index >= 15 is 0 Å². The van der Waals surface area contributed by atoms with Crippen molar-refractivity contribution in [3.05, 3.63) is 0 Å². The van der Waals surface area contributed by atoms with Gasteiger partial charge in [0.05, 0.1) is 0 Å². The molecular weight excluding hydrogens is 236 g/mol. The predicted molar refractivity (Wildman–Crippen MR) is 72.3 cm³/mol. The number of nitrogens with two attached hydrogens (primary N) is 1. The molecule has 1 rings (SSSR count). The zero-order chi connectivity index (χ0) is 12.9. The third-order valence-corrected chi connectivity index (χ3v) is 4.17. The minimum atomic E-state index is -0.427. The fourth-order valence-electron chi connectivity index (χ4n) is 1.82. The van der Waals surface area contributed by atoms with E-state index in [1.54, 1.807) is 0 Å². The lowest BCUT2D eigenvalue weighted by Crippen LogP contribution is -2.38. The first-order valence-electron chi connectivity index (χ1n) is 6.23. The summed E-state index contributed by atoms with van der Waals surface area (Å²) in [6, 6.07) is 0. The first-order valence-corrected chi connectivity index (χ1v) is 7.17. The maximum absolute atomic E-state index is 11.5. The number of hydrogen-bond donors (Lipinski definition) is 2. The van der Waals surface area contributed by atoms with Gasteiger partial charge >= 0.3 is 6.09 Å². The average molecular weight is 260 g/mol. The number of rotatable bonds is 3. The van der Waals surface area contributed by atoms with Gasteiger partial charge in [0.15, 0.2) is 0 Å². The van der Waals surface area contributed by atoms with Gasteiger partial charge in [-0.3, -0.25) is 0 Å². The second-order valence-corrected chi connectivity index (χ2v) is 7.03. The van der Waals surface area contributed by atoms with Crippen molar-refractivity contribution in [1.29, 1.82) is 0 Å². The molecule has 4 nitrogen and oxygen atoms in total. The topological polar surface area (TPSA) is 64.3 Å². The van der Waals surface area contributed by atoms with Gasteiger partial charge in [0.2, 0.25) is 0 Å². The molecule has 0 aromatic heterocycles. The van der Waals surface area contributed by atoms with Crippen LogP contribution in [0.2, 0.25) is 0 Å². The van der Waals surface area contributed by atoms with Crippen molar-refractivity contribution in [2.75, 3.05) is 13.1 Å². The monoisotopic (exact) mass is 260 g/mol. The van der Waals surface area contributed by atoms with Gasteiger partial charge in [-0.05, 0) is 33.6 Å². The van der Waals surface area contributed by atoms with Gasteiger partial charge < -0.3 is 15.8 Å². The van der Waals surface area contributed by atoms with Gasteiger partial charge in [0.1, 0.15) is 5.60 Å². The maximum Gasteiger partial charge on any atom is 0.407 e. The zero-order valence-corrected chi connectivity index (χ0v) is 11.8. The van der Waals surface area contributed by atoms with E-state index in [-0.39, 0.29) is 6.09 Å². The van der Waals surface area contributed by atoms with Crippen LogP contribution in [0.4, 0.5) is 4.79 Å². The Bertz CT molecular complexity index is 253. The van der Waals surface area contributed by atoms with E-state index in [4.69, 9.17) is 10.5 Å². The molecule has 1 aliphatic rings. The van der Waals surface area contributed by atoms with Gasteiger partial charge in [-0.15, -0.1) is 0 Å². The summed E-state index contributed by atoms with van der Waals surface area (Å²) >= 11 is 1.90. The maximum atomic E-state index is 11.5. The van der Waals surface area contributed by atoms with Crippen molar-refractivity contribution >= 4 is 17.9 Å². The molecule has 1 aliphatic heterocycles. The molecule has 1 fully saturated rings. The summed E-state index contributed by atoms with van der Waals surface area (Å²) in [5.41, 5.74) is 5.24. The molecule has 0 aromatic rings. The van der Waals surface area contributed by atoms with E-state index in [0.717, 1.165) is 13.0 Å². The van der Waals surface area contributed by atoms with Crippen LogP contribution >= 0.6 is 11.8 Å². The van der Waals surface area contributed by atoms with E-state index in [1.807, 2.05) is 32.5 Å². The van der Waals surface area contributed by atoms with E-state index < -0.39 is 5.60 Å². The van der Waals surface area contributed by atoms with Gasteiger partial charge in [-0.25, -0.2) is 4.79 Å². The lowest BCUT2D eigenvalue weighted by Gasteiger charge is -2.28. The summed E-state index contributed by atoms with van der Waals surface area (Å²) in [7, 11) is 0. The number of alkyl carbamates (subject to hydrolysis) is 1. The van der Waals surface area contributed by atoms with Crippen LogP contribution in [-0.2, 0) is 4.74 Å². The molecule has 0 saturated carbocycles. The Morgan fingerprint density at radius 1 is 1.41 bits per heavy atom. The van der Waals surface area contributed by atoms with Gasteiger partial charge in [0, 0.05) is 23.6 Å². The molecule has 1 amide bonds. The SMILES string of the molecule is CC(C)(C)OC(=O)NCC1CCCC(CN)S1. The van der Waals surface area contributed by atoms with Crippen molar-refractivity contribution in [2.24, 2.45) is 5.73 Å². The zero-order valence-electron chi connectivity index (χ0n) is 11.0. The number of carbonyl (C=O) groups is 1. The first kappa shape index (κ1) is 14.6. The number of thioether (sulfide) groups is 1. The normalized spacial score (nSPS) is 25.4. The highest BCUT2D eigenvalue weighted by atomic mass is 32.2. The number of nitrogens with one attached hydrogen (secondary N) is 1. The average Bonchev–Trinajstić information content (AvgIpc) is 2.24. The second kappa shape index (κ2) is 6.50. The lowest BCUT2D eigenvalue weighted by molar-refractivity contribution is 0.0527. The van der Waals surface area contributed by atoms with E-state index in [2.05, 4.69) is 5.32 Å². The molecule has 1 heterocycles. The molecule has 0 aliphatic carbocycles. The fraction of sp³-hybridized carbons (Fsp3) is 0.917. The summed E-state index contributed by atoms with van der Waals surface area (Å²) < 4.78 is 5.20. The van der Waals surface area contributed by atoms with Crippen LogP contribution in [0.25, 0.3) is 0 Å². The predicted octanol–water partition coefficient (Wildman–Crippen LogP) is 2.12. The molecule has 100 valence electrons. The Morgan fingerprint density at radius 3 is 2.65 bits per heavy atom. The van der Waals surface area contributed by atoms with Crippen LogP contribution in [0.3, 0.4) is 0 Å². The van der Waals surface area contributed by atoms with Gasteiger partial charge in [-0.2, -0.15) is 11.8 Å².